The van der Waals surface area contributed by atoms with Crippen molar-refractivity contribution < 1.29 is 111 Å². The summed E-state index contributed by atoms with van der Waals surface area (Å²) in [6.45, 7) is 1.12. The summed E-state index contributed by atoms with van der Waals surface area (Å²) < 4.78 is 30.6. The van der Waals surface area contributed by atoms with Crippen molar-refractivity contribution in [1.29, 1.82) is 0 Å². The van der Waals surface area contributed by atoms with E-state index < -0.39 is 86.6 Å². The van der Waals surface area contributed by atoms with Crippen LogP contribution < -0.4 is 75.3 Å². The Morgan fingerprint density at radius 2 is 2.05 bits per heavy atom. The molecule has 188 valence electrons. The molecule has 4 heterocycles. The second-order valence-corrected chi connectivity index (χ2v) is 10.9. The monoisotopic (exact) mass is 576 g/mol. The van der Waals surface area contributed by atoms with Crippen molar-refractivity contribution in [2.24, 2.45) is 11.1 Å². The molecule has 0 bridgehead atoms. The van der Waals surface area contributed by atoms with Crippen LogP contribution in [0.2, 0.25) is 0 Å². The van der Waals surface area contributed by atoms with Crippen LogP contribution in [-0.2, 0) is 43.4 Å². The number of carbonyl (C=O) groups excluding carboxylic acids is 4. The van der Waals surface area contributed by atoms with Crippen LogP contribution in [0.3, 0.4) is 0 Å². The SMILES string of the molecule is C[C@@H](O/N=C(\C(=O)N[C@@H]1C(=O)N2[C@@H]1S(=O)(=O)C[C@@H]1CC(=O)O[C@@]12C(=O)[O-])c1csc(N)n1)C(=O)O.[Na+].[Na+]. The summed E-state index contributed by atoms with van der Waals surface area (Å²) in [4.78, 5) is 69.5. The van der Waals surface area contributed by atoms with Gasteiger partial charge in [-0.05, 0) is 6.92 Å². The number of carbonyl (C=O) groups is 5. The molecule has 1 aromatic heterocycles. The van der Waals surface area contributed by atoms with Crippen LogP contribution in [0.1, 0.15) is 19.0 Å². The number of anilines is 1. The van der Waals surface area contributed by atoms with Crippen molar-refractivity contribution in [3.63, 3.8) is 0 Å². The predicted molar refractivity (Wildman–Crippen MR) is 110 cm³/mol. The number of amides is 2. The second kappa shape index (κ2) is 11.1. The first-order chi connectivity index (χ1) is 16.3. The second-order valence-electron chi connectivity index (χ2n) is 7.84. The van der Waals surface area contributed by atoms with Gasteiger partial charge in [-0.25, -0.2) is 18.2 Å². The molecule has 4 N–H and O–H groups in total. The number of nitrogens with zero attached hydrogens (tertiary/aromatic N) is 3. The fraction of sp³-hybridized carbons (Fsp3) is 0.471. The quantitative estimate of drug-likeness (QED) is 0.0898. The van der Waals surface area contributed by atoms with Crippen LogP contribution in [0.5, 0.6) is 0 Å². The molecular formula is C17H16N5Na2O11S2+. The molecule has 37 heavy (non-hydrogen) atoms. The van der Waals surface area contributed by atoms with E-state index in [-0.39, 0.29) is 69.9 Å². The Kier molecular flexibility index (Phi) is 9.45. The summed E-state index contributed by atoms with van der Waals surface area (Å²) in [5.74, 6) is -8.93. The van der Waals surface area contributed by atoms with Gasteiger partial charge in [0.2, 0.25) is 11.8 Å². The van der Waals surface area contributed by atoms with E-state index >= 15 is 0 Å². The smallest absolute Gasteiger partial charge is 0.544 e. The van der Waals surface area contributed by atoms with E-state index in [1.165, 1.54) is 5.38 Å². The number of nitrogens with one attached hydrogen (secondary N) is 1. The fourth-order valence-corrected chi connectivity index (χ4v) is 6.88. The molecule has 3 saturated heterocycles. The largest absolute Gasteiger partial charge is 1.00 e. The number of ether oxygens (including phenoxy) is 1. The zero-order valence-corrected chi connectivity index (χ0v) is 25.2. The number of carboxylic acids is 2. The maximum absolute atomic E-state index is 12.9. The number of β-lactam (4-membered cyclic amide) rings is 1. The van der Waals surface area contributed by atoms with E-state index in [0.717, 1.165) is 18.3 Å². The maximum Gasteiger partial charge on any atom is 1.00 e. The van der Waals surface area contributed by atoms with E-state index in [9.17, 15) is 37.5 Å². The third-order valence-corrected chi connectivity index (χ3v) is 8.41. The average molecular weight is 576 g/mol. The number of esters is 1. The van der Waals surface area contributed by atoms with Gasteiger partial charge in [-0.3, -0.25) is 19.3 Å². The summed E-state index contributed by atoms with van der Waals surface area (Å²) in [6.07, 6.45) is -2.03. The van der Waals surface area contributed by atoms with Crippen molar-refractivity contribution in [2.45, 2.75) is 36.6 Å². The van der Waals surface area contributed by atoms with E-state index in [1.807, 2.05) is 0 Å². The Morgan fingerprint density at radius 1 is 1.41 bits per heavy atom. The van der Waals surface area contributed by atoms with E-state index in [4.69, 9.17) is 20.4 Å². The molecule has 2 amide bonds. The molecule has 0 aromatic carbocycles. The number of nitrogens with two attached hydrogens (primary N) is 1. The van der Waals surface area contributed by atoms with Crippen molar-refractivity contribution in [1.82, 2.24) is 15.2 Å². The normalized spacial score (nSPS) is 28.2. The molecule has 3 aliphatic heterocycles. The molecule has 0 spiro atoms. The van der Waals surface area contributed by atoms with Crippen LogP contribution in [0.15, 0.2) is 10.5 Å². The Balaban J connectivity index is 0.00000241. The topological polar surface area (TPSA) is 248 Å². The van der Waals surface area contributed by atoms with Crippen LogP contribution in [0.4, 0.5) is 5.13 Å². The number of aliphatic carboxylic acids is 2. The number of oxime groups is 1. The molecule has 0 unspecified atom stereocenters. The van der Waals surface area contributed by atoms with Crippen LogP contribution in [-0.4, -0.2) is 87.8 Å². The molecule has 4 rings (SSSR count). The number of thiazole rings is 1. The average Bonchev–Trinajstić information content (AvgIpc) is 3.32. The summed E-state index contributed by atoms with van der Waals surface area (Å²) in [6, 6.07) is -1.78. The minimum Gasteiger partial charge on any atom is -0.544 e. The summed E-state index contributed by atoms with van der Waals surface area (Å²) in [7, 11) is -4.24. The van der Waals surface area contributed by atoms with Crippen LogP contribution >= 0.6 is 11.3 Å². The standard InChI is InChI=1S/C17H17N5O11S2.2Na/c1-5(14(26)27)33-21-9(7-3-34-16(18)19-7)11(24)20-10-12(25)22-13(10)35(30,31)4-6-2-8(23)32-17(6,22)15(28)29;;/h3,5-6,10,13H,2,4H2,1H3,(H2,18,19)(H,20,24)(H,26,27)(H,28,29);;/q;2*+1/p-1/b21-9-;;/t5-,6+,10-,13-,17-;;/m1../s1. The first-order valence-electron chi connectivity index (χ1n) is 9.76. The number of sulfone groups is 1. The van der Waals surface area contributed by atoms with Crippen molar-refractivity contribution in [3.8, 4) is 0 Å². The number of nitrogen functional groups attached to an aromatic ring is 1. The summed E-state index contributed by atoms with van der Waals surface area (Å²) in [5.41, 5.74) is 2.15. The predicted octanol–water partition coefficient (Wildman–Crippen LogP) is -9.98. The molecule has 3 aliphatic rings. The number of rotatable bonds is 7. The minimum absolute atomic E-state index is 0. The Bertz CT molecular complexity index is 1300. The van der Waals surface area contributed by atoms with E-state index in [2.05, 4.69) is 15.5 Å². The third kappa shape index (κ3) is 5.25. The number of carboxylic acid groups (broad SMARTS) is 2. The summed E-state index contributed by atoms with van der Waals surface area (Å²) in [5, 5.41) is 25.9. The molecule has 3 fully saturated rings. The number of aromatic nitrogens is 1. The van der Waals surface area contributed by atoms with Gasteiger partial charge in [0.1, 0.15) is 17.7 Å². The van der Waals surface area contributed by atoms with Crippen molar-refractivity contribution >= 4 is 61.7 Å². The molecule has 5 atom stereocenters. The van der Waals surface area contributed by atoms with Gasteiger partial charge < -0.3 is 35.6 Å². The van der Waals surface area contributed by atoms with Gasteiger partial charge in [0.25, 0.3) is 11.8 Å². The zero-order chi connectivity index (χ0) is 25.9. The molecule has 0 aliphatic carbocycles. The van der Waals surface area contributed by atoms with Gasteiger partial charge >= 0.3 is 71.1 Å². The summed E-state index contributed by atoms with van der Waals surface area (Å²) >= 11 is 0.903. The Hall–Kier alpha value is -1.80. The number of hydrogen-bond acceptors (Lipinski definition) is 14. The first kappa shape index (κ1) is 31.4. The van der Waals surface area contributed by atoms with Crippen molar-refractivity contribution in [3.05, 3.63) is 11.1 Å². The molecule has 20 heteroatoms. The molecule has 0 radical (unpaired) electrons. The molecular weight excluding hydrogens is 560 g/mol. The van der Waals surface area contributed by atoms with Gasteiger partial charge in [0.15, 0.2) is 26.1 Å². The van der Waals surface area contributed by atoms with E-state index in [0.29, 0.717) is 4.90 Å². The molecule has 16 nitrogen and oxygen atoms in total. The Labute approximate surface area is 256 Å². The van der Waals surface area contributed by atoms with Crippen molar-refractivity contribution in [2.75, 3.05) is 11.5 Å². The van der Waals surface area contributed by atoms with Crippen LogP contribution in [0.25, 0.3) is 0 Å². The Morgan fingerprint density at radius 3 is 2.59 bits per heavy atom. The van der Waals surface area contributed by atoms with Gasteiger partial charge in [-0.2, -0.15) is 0 Å². The number of hydrogen-bond donors (Lipinski definition) is 3. The third-order valence-electron chi connectivity index (χ3n) is 5.65. The van der Waals surface area contributed by atoms with Gasteiger partial charge in [0, 0.05) is 11.3 Å². The minimum atomic E-state index is -4.24. The van der Waals surface area contributed by atoms with Gasteiger partial charge in [-0.15, -0.1) is 11.3 Å². The van der Waals surface area contributed by atoms with Gasteiger partial charge in [-0.1, -0.05) is 5.16 Å². The maximum atomic E-state index is 12.9. The fourth-order valence-electron chi connectivity index (χ4n) is 4.05. The zero-order valence-electron chi connectivity index (χ0n) is 19.6. The molecule has 1 aromatic rings. The van der Waals surface area contributed by atoms with Gasteiger partial charge in [0.05, 0.1) is 12.2 Å². The molecule has 0 saturated carbocycles. The van der Waals surface area contributed by atoms with E-state index in [1.54, 1.807) is 0 Å². The van der Waals surface area contributed by atoms with Crippen LogP contribution in [0, 0.1) is 5.92 Å². The first-order valence-corrected chi connectivity index (χ1v) is 12.4. The number of fused-ring (bicyclic) bond motifs is 3.